The van der Waals surface area contributed by atoms with Crippen molar-refractivity contribution in [2.24, 2.45) is 11.8 Å². The molecule has 10 heteroatoms. The van der Waals surface area contributed by atoms with Crippen molar-refractivity contribution in [1.82, 2.24) is 0 Å². The van der Waals surface area contributed by atoms with Crippen molar-refractivity contribution in [3.05, 3.63) is 10.1 Å². The minimum absolute atomic E-state index is 0.0107. The Kier molecular flexibility index (Phi) is 3.68. The average Bonchev–Trinajstić information content (AvgIpc) is 2.54. The lowest BCUT2D eigenvalue weighted by molar-refractivity contribution is 0.207. The molecule has 2 fully saturated rings. The summed E-state index contributed by atoms with van der Waals surface area (Å²) >= 11 is 36.4. The Labute approximate surface area is 142 Å². The monoisotopic (exact) mass is 404 g/mol. The summed E-state index contributed by atoms with van der Waals surface area (Å²) in [5.41, 5.74) is 0. The van der Waals surface area contributed by atoms with Crippen LogP contribution in [0.15, 0.2) is 10.1 Å². The van der Waals surface area contributed by atoms with Crippen LogP contribution in [-0.4, -0.2) is 31.5 Å². The summed E-state index contributed by atoms with van der Waals surface area (Å²) in [6.45, 7) is 0.0215. The van der Waals surface area contributed by atoms with Gasteiger partial charge in [0, 0.05) is 11.8 Å². The average molecular weight is 407 g/mol. The lowest BCUT2D eigenvalue weighted by Crippen LogP contribution is -2.45. The molecule has 1 saturated carbocycles. The molecule has 1 heterocycles. The summed E-state index contributed by atoms with van der Waals surface area (Å²) in [7, 11) is 0. The summed E-state index contributed by atoms with van der Waals surface area (Å²) < 4.78 is 19.7. The van der Waals surface area contributed by atoms with Gasteiger partial charge in [0.15, 0.2) is 4.33 Å². The van der Waals surface area contributed by atoms with E-state index in [1.165, 1.54) is 0 Å². The quantitative estimate of drug-likeness (QED) is 0.575. The van der Waals surface area contributed by atoms with Crippen LogP contribution in [0.25, 0.3) is 0 Å². The van der Waals surface area contributed by atoms with Gasteiger partial charge >= 0.3 is 11.4 Å². The summed E-state index contributed by atoms with van der Waals surface area (Å²) in [6, 6.07) is 0. The van der Waals surface area contributed by atoms with E-state index in [2.05, 4.69) is 0 Å². The van der Waals surface area contributed by atoms with Crippen LogP contribution in [0.5, 0.6) is 0 Å². The molecule has 1 saturated heterocycles. The largest absolute Gasteiger partial charge is 0.304 e. The molecule has 0 aromatic heterocycles. The minimum atomic E-state index is -1.86. The molecule has 3 aliphatic rings. The van der Waals surface area contributed by atoms with E-state index in [1.54, 1.807) is 0 Å². The van der Waals surface area contributed by atoms with Gasteiger partial charge in [0.2, 0.25) is 0 Å². The minimum Gasteiger partial charge on any atom is -0.268 e. The Morgan fingerprint density at radius 1 is 0.947 bits per heavy atom. The van der Waals surface area contributed by atoms with E-state index in [1.807, 2.05) is 0 Å². The molecule has 0 spiro atoms. The van der Waals surface area contributed by atoms with Gasteiger partial charge in [0.1, 0.15) is 9.75 Å². The first-order valence-electron chi connectivity index (χ1n) is 5.19. The van der Waals surface area contributed by atoms with Crippen LogP contribution >= 0.6 is 69.6 Å². The van der Waals surface area contributed by atoms with Crippen LogP contribution in [0.1, 0.15) is 0 Å². The molecule has 5 atom stereocenters. The molecular weight excluding hydrogens is 401 g/mol. The Morgan fingerprint density at radius 2 is 1.32 bits per heavy atom. The van der Waals surface area contributed by atoms with Gasteiger partial charge in [0.05, 0.1) is 23.3 Å². The molecule has 3 nitrogen and oxygen atoms in total. The fourth-order valence-corrected chi connectivity index (χ4v) is 6.60. The first kappa shape index (κ1) is 15.4. The van der Waals surface area contributed by atoms with Crippen molar-refractivity contribution < 1.29 is 12.6 Å². The normalized spacial score (nSPS) is 52.2. The second kappa shape index (κ2) is 4.53. The molecule has 0 aromatic carbocycles. The van der Waals surface area contributed by atoms with Crippen molar-refractivity contribution in [2.75, 3.05) is 13.2 Å². The summed E-state index contributed by atoms with van der Waals surface area (Å²) in [4.78, 5) is -2.78. The third-order valence-electron chi connectivity index (χ3n) is 3.94. The van der Waals surface area contributed by atoms with E-state index < -0.39 is 37.3 Å². The van der Waals surface area contributed by atoms with Gasteiger partial charge in [-0.05, 0) is 0 Å². The summed E-state index contributed by atoms with van der Waals surface area (Å²) in [5, 5.41) is 0.210. The van der Waals surface area contributed by atoms with Crippen molar-refractivity contribution in [2.45, 2.75) is 14.1 Å². The second-order valence-electron chi connectivity index (χ2n) is 4.61. The highest BCUT2D eigenvalue weighted by atomic mass is 35.5. The predicted octanol–water partition coefficient (Wildman–Crippen LogP) is 3.69. The van der Waals surface area contributed by atoms with Crippen molar-refractivity contribution >= 4 is 81.0 Å². The highest BCUT2D eigenvalue weighted by Gasteiger charge is 2.82. The molecule has 2 aliphatic carbocycles. The Bertz CT molecular complexity index is 470. The zero-order valence-electron chi connectivity index (χ0n) is 8.97. The van der Waals surface area contributed by atoms with Crippen molar-refractivity contribution in [3.63, 3.8) is 0 Å². The lowest BCUT2D eigenvalue weighted by atomic mass is 9.83. The van der Waals surface area contributed by atoms with E-state index in [9.17, 15) is 4.21 Å². The van der Waals surface area contributed by atoms with Crippen LogP contribution in [-0.2, 0) is 19.7 Å². The molecule has 0 radical (unpaired) electrons. The van der Waals surface area contributed by atoms with Gasteiger partial charge in [-0.2, -0.15) is 4.21 Å². The molecule has 0 aromatic rings. The summed E-state index contributed by atoms with van der Waals surface area (Å²) in [6.07, 6.45) is 0. The van der Waals surface area contributed by atoms with Crippen LogP contribution in [0, 0.1) is 11.8 Å². The zero-order valence-corrected chi connectivity index (χ0v) is 14.3. The number of halogens is 6. The molecule has 108 valence electrons. The zero-order chi connectivity index (χ0) is 14.2. The number of hydrogen-bond donors (Lipinski definition) is 0. The summed E-state index contributed by atoms with van der Waals surface area (Å²) in [5.74, 6) is -0.911. The van der Waals surface area contributed by atoms with Gasteiger partial charge in [-0.25, -0.2) is 0 Å². The molecule has 0 amide bonds. The second-order valence-corrected chi connectivity index (χ2v) is 8.77. The van der Waals surface area contributed by atoms with E-state index >= 15 is 0 Å². The van der Waals surface area contributed by atoms with Gasteiger partial charge in [-0.15, -0.1) is 23.2 Å². The number of rotatable bonds is 0. The highest BCUT2D eigenvalue weighted by molar-refractivity contribution is 7.75. The molecule has 3 rings (SSSR count). The van der Waals surface area contributed by atoms with E-state index in [0.29, 0.717) is 0 Å². The molecule has 19 heavy (non-hydrogen) atoms. The molecule has 1 aliphatic heterocycles. The van der Waals surface area contributed by atoms with Gasteiger partial charge < -0.3 is 0 Å². The van der Waals surface area contributed by atoms with Crippen LogP contribution in [0.3, 0.4) is 0 Å². The molecule has 0 unspecified atom stereocenters. The predicted molar refractivity (Wildman–Crippen MR) is 77.4 cm³/mol. The number of hydrogen-bond acceptors (Lipinski definition) is 3. The fourth-order valence-electron chi connectivity index (χ4n) is 2.96. The van der Waals surface area contributed by atoms with Gasteiger partial charge in [-0.3, -0.25) is 8.37 Å². The maximum atomic E-state index is 11.3. The molecule has 2 bridgehead atoms. The SMILES string of the molecule is O=[S@@]1OC[C@@H]2[C@H](CO1)[C@@]1(Cl)C(Cl)=C(Cl)[C@]2(Cl)C1(Cl)Cl. The Balaban J connectivity index is 2.19. The third-order valence-corrected chi connectivity index (χ3v) is 8.95. The standard InChI is InChI=1S/C9H6Cl6O3S/c10-5-6(11)8(13)4-2-18-19(16)17-1-3(4)7(5,12)9(8,14)15/h3-4H,1-2H2/t3-,4+,7+,8-,19-. The van der Waals surface area contributed by atoms with E-state index in [4.69, 9.17) is 78.0 Å². The van der Waals surface area contributed by atoms with Crippen LogP contribution in [0.2, 0.25) is 0 Å². The van der Waals surface area contributed by atoms with Crippen LogP contribution < -0.4 is 0 Å². The highest BCUT2D eigenvalue weighted by Crippen LogP contribution is 2.76. The fraction of sp³-hybridized carbons (Fsp3) is 0.778. The Morgan fingerprint density at radius 3 is 1.68 bits per heavy atom. The lowest BCUT2D eigenvalue weighted by Gasteiger charge is -2.33. The first-order chi connectivity index (χ1) is 8.69. The van der Waals surface area contributed by atoms with Gasteiger partial charge in [0.25, 0.3) is 0 Å². The third kappa shape index (κ3) is 1.59. The maximum Gasteiger partial charge on any atom is 0.304 e. The number of alkyl halides is 4. The maximum absolute atomic E-state index is 11.3. The molecule has 0 N–H and O–H groups in total. The topological polar surface area (TPSA) is 35.5 Å². The van der Waals surface area contributed by atoms with Crippen LogP contribution in [0.4, 0.5) is 0 Å². The number of fused-ring (bicyclic) bond motifs is 5. The first-order valence-corrected chi connectivity index (χ1v) is 8.46. The van der Waals surface area contributed by atoms with Crippen molar-refractivity contribution in [3.8, 4) is 0 Å². The smallest absolute Gasteiger partial charge is 0.268 e. The van der Waals surface area contributed by atoms with E-state index in [0.717, 1.165) is 0 Å². The van der Waals surface area contributed by atoms with Gasteiger partial charge in [-0.1, -0.05) is 46.4 Å². The van der Waals surface area contributed by atoms with Crippen molar-refractivity contribution in [1.29, 1.82) is 0 Å². The molecular formula is C9H6Cl6O3S. The number of allylic oxidation sites excluding steroid dienone is 2. The Hall–Kier alpha value is 1.55. The van der Waals surface area contributed by atoms with E-state index in [-0.39, 0.29) is 23.3 Å².